The molecule has 108 valence electrons. The number of rotatable bonds is 2. The van der Waals surface area contributed by atoms with Crippen LogP contribution >= 0.6 is 0 Å². The number of hydrogen-bond donors (Lipinski definition) is 2. The van der Waals surface area contributed by atoms with E-state index in [-0.39, 0.29) is 5.91 Å². The van der Waals surface area contributed by atoms with Gasteiger partial charge >= 0.3 is 0 Å². The number of carbonyl (C=O) groups excluding carboxylic acids is 1. The van der Waals surface area contributed by atoms with Crippen molar-refractivity contribution in [3.05, 3.63) is 53.2 Å². The Morgan fingerprint density at radius 1 is 1.14 bits per heavy atom. The minimum atomic E-state index is -0.0947. The van der Waals surface area contributed by atoms with E-state index in [4.69, 9.17) is 5.84 Å². The summed E-state index contributed by atoms with van der Waals surface area (Å²) in [5.41, 5.74) is 5.26. The summed E-state index contributed by atoms with van der Waals surface area (Å²) in [6.45, 7) is 1.35. The van der Waals surface area contributed by atoms with Gasteiger partial charge in [0.2, 0.25) is 0 Å². The molecule has 1 aromatic carbocycles. The zero-order valence-electron chi connectivity index (χ0n) is 11.6. The number of fused-ring (bicyclic) bond motifs is 1. The molecule has 1 amide bonds. The van der Waals surface area contributed by atoms with Crippen molar-refractivity contribution >= 4 is 11.7 Å². The average Bonchev–Trinajstić information content (AvgIpc) is 2.76. The fraction of sp³-hybridized carbons (Fsp3) is 0.267. The smallest absolute Gasteiger partial charge is 0.274 e. The monoisotopic (exact) mass is 283 g/mol. The van der Waals surface area contributed by atoms with Gasteiger partial charge in [0, 0.05) is 13.1 Å². The summed E-state index contributed by atoms with van der Waals surface area (Å²) in [4.78, 5) is 14.4. The van der Waals surface area contributed by atoms with Crippen LogP contribution in [0.4, 0.5) is 5.82 Å². The lowest BCUT2D eigenvalue weighted by atomic mass is 10.0. The number of hydrazine groups is 1. The molecule has 6 heteroatoms. The van der Waals surface area contributed by atoms with Crippen molar-refractivity contribution in [1.82, 2.24) is 15.1 Å². The molecule has 0 aliphatic carbocycles. The van der Waals surface area contributed by atoms with E-state index in [2.05, 4.69) is 27.8 Å². The van der Waals surface area contributed by atoms with Gasteiger partial charge in [-0.2, -0.15) is 0 Å². The van der Waals surface area contributed by atoms with Crippen molar-refractivity contribution in [2.75, 3.05) is 12.0 Å². The van der Waals surface area contributed by atoms with Gasteiger partial charge in [-0.15, -0.1) is 10.2 Å². The van der Waals surface area contributed by atoms with E-state index in [9.17, 15) is 4.79 Å². The number of carbonyl (C=O) groups is 1. The molecule has 1 aliphatic rings. The fourth-order valence-corrected chi connectivity index (χ4v) is 2.56. The van der Waals surface area contributed by atoms with E-state index in [1.165, 1.54) is 11.1 Å². The highest BCUT2D eigenvalue weighted by molar-refractivity contribution is 5.92. The second-order valence-electron chi connectivity index (χ2n) is 5.05. The highest BCUT2D eigenvalue weighted by atomic mass is 16.2. The molecule has 0 fully saturated rings. The first-order valence-electron chi connectivity index (χ1n) is 6.94. The molecule has 0 atom stereocenters. The Bertz CT molecular complexity index is 641. The van der Waals surface area contributed by atoms with Crippen LogP contribution in [-0.4, -0.2) is 27.5 Å². The summed E-state index contributed by atoms with van der Waals surface area (Å²) in [5.74, 6) is 5.59. The molecule has 0 radical (unpaired) electrons. The van der Waals surface area contributed by atoms with E-state index in [0.717, 1.165) is 19.4 Å². The van der Waals surface area contributed by atoms with Crippen LogP contribution < -0.4 is 11.3 Å². The normalized spacial score (nSPS) is 14.2. The number of amides is 1. The molecule has 3 N–H and O–H groups in total. The summed E-state index contributed by atoms with van der Waals surface area (Å²) < 4.78 is 0. The van der Waals surface area contributed by atoms with Crippen molar-refractivity contribution in [3.63, 3.8) is 0 Å². The minimum absolute atomic E-state index is 0.0947. The average molecular weight is 283 g/mol. The molecule has 3 rings (SSSR count). The SMILES string of the molecule is NNc1ccc(C(=O)N2CCCc3ccccc3C2)nn1. The van der Waals surface area contributed by atoms with Gasteiger partial charge < -0.3 is 10.3 Å². The predicted molar refractivity (Wildman–Crippen MR) is 79.3 cm³/mol. The lowest BCUT2D eigenvalue weighted by molar-refractivity contribution is 0.0739. The first kappa shape index (κ1) is 13.5. The number of anilines is 1. The molecular formula is C15H17N5O. The zero-order chi connectivity index (χ0) is 14.7. The molecule has 1 aromatic heterocycles. The first-order valence-corrected chi connectivity index (χ1v) is 6.94. The van der Waals surface area contributed by atoms with Crippen LogP contribution in [0, 0.1) is 0 Å². The fourth-order valence-electron chi connectivity index (χ4n) is 2.56. The van der Waals surface area contributed by atoms with Crippen molar-refractivity contribution in [1.29, 1.82) is 0 Å². The Hall–Kier alpha value is -2.47. The number of benzene rings is 1. The van der Waals surface area contributed by atoms with E-state index in [1.807, 2.05) is 17.0 Å². The quantitative estimate of drug-likeness (QED) is 0.642. The van der Waals surface area contributed by atoms with E-state index >= 15 is 0 Å². The minimum Gasteiger partial charge on any atom is -0.333 e. The zero-order valence-corrected chi connectivity index (χ0v) is 11.6. The molecule has 0 saturated carbocycles. The van der Waals surface area contributed by atoms with Gasteiger partial charge in [0.1, 0.15) is 0 Å². The van der Waals surface area contributed by atoms with Crippen LogP contribution in [0.3, 0.4) is 0 Å². The highest BCUT2D eigenvalue weighted by Crippen LogP contribution is 2.19. The lowest BCUT2D eigenvalue weighted by Crippen LogP contribution is -2.31. The molecule has 21 heavy (non-hydrogen) atoms. The largest absolute Gasteiger partial charge is 0.333 e. The highest BCUT2D eigenvalue weighted by Gasteiger charge is 2.21. The van der Waals surface area contributed by atoms with Crippen molar-refractivity contribution in [2.24, 2.45) is 5.84 Å². The lowest BCUT2D eigenvalue weighted by Gasteiger charge is -2.20. The predicted octanol–water partition coefficient (Wildman–Crippen LogP) is 1.35. The van der Waals surface area contributed by atoms with Crippen LogP contribution in [0.15, 0.2) is 36.4 Å². The maximum atomic E-state index is 12.5. The third kappa shape index (κ3) is 2.85. The standard InChI is InChI=1S/C15H17N5O/c16-17-14-8-7-13(18-19-14)15(21)20-9-3-6-11-4-1-2-5-12(11)10-20/h1-2,4-5,7-8H,3,6,9-10,16H2,(H,17,19). The maximum absolute atomic E-state index is 12.5. The van der Waals surface area contributed by atoms with Crippen LogP contribution in [0.25, 0.3) is 0 Å². The number of nitrogens with zero attached hydrogens (tertiary/aromatic N) is 3. The van der Waals surface area contributed by atoms with E-state index in [1.54, 1.807) is 12.1 Å². The van der Waals surface area contributed by atoms with Gasteiger partial charge in [-0.05, 0) is 36.1 Å². The van der Waals surface area contributed by atoms with Crippen LogP contribution in [0.2, 0.25) is 0 Å². The summed E-state index contributed by atoms with van der Waals surface area (Å²) in [6.07, 6.45) is 1.96. The molecule has 0 spiro atoms. The van der Waals surface area contributed by atoms with E-state index < -0.39 is 0 Å². The Morgan fingerprint density at radius 2 is 1.95 bits per heavy atom. The molecule has 2 heterocycles. The summed E-state index contributed by atoms with van der Waals surface area (Å²) >= 11 is 0. The molecule has 0 bridgehead atoms. The second kappa shape index (κ2) is 5.88. The van der Waals surface area contributed by atoms with Crippen molar-refractivity contribution < 1.29 is 4.79 Å². The second-order valence-corrected chi connectivity index (χ2v) is 5.05. The van der Waals surface area contributed by atoms with Gasteiger partial charge in [-0.25, -0.2) is 5.84 Å². The molecule has 2 aromatic rings. The summed E-state index contributed by atoms with van der Waals surface area (Å²) in [5, 5.41) is 7.77. The van der Waals surface area contributed by atoms with E-state index in [0.29, 0.717) is 18.1 Å². The van der Waals surface area contributed by atoms with Crippen LogP contribution in [0.1, 0.15) is 28.0 Å². The number of aryl methyl sites for hydroxylation is 1. The first-order chi connectivity index (χ1) is 10.3. The number of aromatic nitrogens is 2. The Balaban J connectivity index is 1.81. The number of nitrogens with one attached hydrogen (secondary N) is 1. The van der Waals surface area contributed by atoms with Gasteiger partial charge in [-0.3, -0.25) is 4.79 Å². The Labute approximate surface area is 122 Å². The number of nitrogens with two attached hydrogens (primary N) is 1. The summed E-state index contributed by atoms with van der Waals surface area (Å²) in [6, 6.07) is 11.5. The molecule has 0 unspecified atom stereocenters. The van der Waals surface area contributed by atoms with Gasteiger partial charge in [0.05, 0.1) is 0 Å². The molecule has 0 saturated heterocycles. The van der Waals surface area contributed by atoms with Crippen molar-refractivity contribution in [3.8, 4) is 0 Å². The van der Waals surface area contributed by atoms with Crippen LogP contribution in [-0.2, 0) is 13.0 Å². The number of nitrogen functional groups attached to an aromatic ring is 1. The Morgan fingerprint density at radius 3 is 2.67 bits per heavy atom. The van der Waals surface area contributed by atoms with Gasteiger partial charge in [-0.1, -0.05) is 24.3 Å². The Kier molecular flexibility index (Phi) is 3.79. The van der Waals surface area contributed by atoms with Gasteiger partial charge in [0.15, 0.2) is 11.5 Å². The summed E-state index contributed by atoms with van der Waals surface area (Å²) in [7, 11) is 0. The molecule has 6 nitrogen and oxygen atoms in total. The molecule has 1 aliphatic heterocycles. The van der Waals surface area contributed by atoms with Crippen molar-refractivity contribution in [2.45, 2.75) is 19.4 Å². The van der Waals surface area contributed by atoms with Gasteiger partial charge in [0.25, 0.3) is 5.91 Å². The molecular weight excluding hydrogens is 266 g/mol. The van der Waals surface area contributed by atoms with Crippen LogP contribution in [0.5, 0.6) is 0 Å². The maximum Gasteiger partial charge on any atom is 0.274 e. The topological polar surface area (TPSA) is 84.1 Å². The third-order valence-corrected chi connectivity index (χ3v) is 3.67. The third-order valence-electron chi connectivity index (χ3n) is 3.67. The number of hydrogen-bond acceptors (Lipinski definition) is 5.